The lowest BCUT2D eigenvalue weighted by Crippen LogP contribution is -2.19. The molecule has 0 unspecified atom stereocenters. The summed E-state index contributed by atoms with van der Waals surface area (Å²) in [5.41, 5.74) is 6.69. The van der Waals surface area contributed by atoms with Gasteiger partial charge >= 0.3 is 0 Å². The molecular formula is C27H31NO. The number of hydrogen-bond acceptors (Lipinski definition) is 2. The maximum Gasteiger partial charge on any atom is 0.119 e. The second kappa shape index (κ2) is 10.6. The lowest BCUT2D eigenvalue weighted by molar-refractivity contribution is 0.261. The van der Waals surface area contributed by atoms with Crippen molar-refractivity contribution in [2.45, 2.75) is 19.8 Å². The molecular weight excluding hydrogens is 354 g/mol. The predicted molar refractivity (Wildman–Crippen MR) is 124 cm³/mol. The van der Waals surface area contributed by atoms with Crippen LogP contribution in [0.1, 0.15) is 30.0 Å². The quantitative estimate of drug-likeness (QED) is 0.407. The normalized spacial score (nSPS) is 12.0. The van der Waals surface area contributed by atoms with Crippen molar-refractivity contribution in [2.24, 2.45) is 0 Å². The lowest BCUT2D eigenvalue weighted by atomic mass is 9.89. The molecule has 29 heavy (non-hydrogen) atoms. The number of nitrogens with zero attached hydrogens (tertiary/aromatic N) is 1. The number of benzene rings is 3. The van der Waals surface area contributed by atoms with E-state index in [1.165, 1.54) is 27.8 Å². The van der Waals surface area contributed by atoms with E-state index in [-0.39, 0.29) is 0 Å². The Morgan fingerprint density at radius 3 is 1.79 bits per heavy atom. The van der Waals surface area contributed by atoms with Gasteiger partial charge in [0.05, 0.1) is 0 Å². The van der Waals surface area contributed by atoms with Crippen molar-refractivity contribution in [1.29, 1.82) is 0 Å². The number of rotatable bonds is 9. The number of hydrogen-bond donors (Lipinski definition) is 0. The van der Waals surface area contributed by atoms with Gasteiger partial charge in [-0.2, -0.15) is 0 Å². The molecule has 0 aliphatic rings. The maximum atomic E-state index is 5.85. The van der Waals surface area contributed by atoms with Crippen LogP contribution >= 0.6 is 0 Å². The average molecular weight is 386 g/mol. The Bertz CT molecular complexity index is 896. The van der Waals surface area contributed by atoms with E-state index in [0.717, 1.165) is 25.1 Å². The molecule has 0 spiro atoms. The van der Waals surface area contributed by atoms with E-state index in [4.69, 9.17) is 4.74 Å². The Labute approximate surface area is 175 Å². The summed E-state index contributed by atoms with van der Waals surface area (Å²) in [7, 11) is 4.11. The largest absolute Gasteiger partial charge is 0.492 e. The van der Waals surface area contributed by atoms with Gasteiger partial charge in [-0.15, -0.1) is 0 Å². The number of likely N-dealkylation sites (N-methyl/N-ethyl adjacent to an activating group) is 1. The third-order valence-electron chi connectivity index (χ3n) is 5.07. The van der Waals surface area contributed by atoms with Crippen LogP contribution in [0.4, 0.5) is 0 Å². The van der Waals surface area contributed by atoms with Gasteiger partial charge in [0.15, 0.2) is 0 Å². The van der Waals surface area contributed by atoms with Gasteiger partial charge in [-0.3, -0.25) is 0 Å². The first-order chi connectivity index (χ1) is 14.2. The van der Waals surface area contributed by atoms with E-state index in [2.05, 4.69) is 111 Å². The summed E-state index contributed by atoms with van der Waals surface area (Å²) < 4.78 is 5.85. The monoisotopic (exact) mass is 385 g/mol. The van der Waals surface area contributed by atoms with Crippen molar-refractivity contribution < 1.29 is 4.74 Å². The Hall–Kier alpha value is -2.84. The van der Waals surface area contributed by atoms with Gasteiger partial charge in [0, 0.05) is 6.54 Å². The van der Waals surface area contributed by atoms with Crippen molar-refractivity contribution in [2.75, 3.05) is 27.2 Å². The molecule has 0 saturated carbocycles. The molecule has 0 amide bonds. The minimum atomic E-state index is 0.704. The van der Waals surface area contributed by atoms with Gasteiger partial charge in [-0.25, -0.2) is 0 Å². The molecule has 0 heterocycles. The van der Waals surface area contributed by atoms with Crippen LogP contribution in [0.5, 0.6) is 5.75 Å². The summed E-state index contributed by atoms with van der Waals surface area (Å²) >= 11 is 0. The molecule has 0 fully saturated rings. The summed E-state index contributed by atoms with van der Waals surface area (Å²) in [5.74, 6) is 0.930. The van der Waals surface area contributed by atoms with Gasteiger partial charge in [0.2, 0.25) is 0 Å². The summed E-state index contributed by atoms with van der Waals surface area (Å²) in [6.45, 7) is 3.86. The van der Waals surface area contributed by atoms with Crippen molar-refractivity contribution in [3.05, 3.63) is 102 Å². The zero-order valence-corrected chi connectivity index (χ0v) is 17.8. The molecule has 2 heteroatoms. The molecule has 0 aliphatic heterocycles. The molecule has 0 atom stereocenters. The minimum Gasteiger partial charge on any atom is -0.492 e. The van der Waals surface area contributed by atoms with Crippen LogP contribution in [0.15, 0.2) is 84.9 Å². The molecule has 0 saturated heterocycles. The zero-order valence-electron chi connectivity index (χ0n) is 17.8. The van der Waals surface area contributed by atoms with E-state index < -0.39 is 0 Å². The minimum absolute atomic E-state index is 0.704. The number of ether oxygens (including phenoxy) is 1. The van der Waals surface area contributed by atoms with E-state index in [0.29, 0.717) is 6.61 Å². The third-order valence-corrected chi connectivity index (χ3v) is 5.07. The summed E-state index contributed by atoms with van der Waals surface area (Å²) in [4.78, 5) is 2.13. The van der Waals surface area contributed by atoms with Crippen molar-refractivity contribution in [3.8, 4) is 5.75 Å². The van der Waals surface area contributed by atoms with Crippen LogP contribution in [0.3, 0.4) is 0 Å². The number of allylic oxidation sites excluding steroid dienone is 2. The van der Waals surface area contributed by atoms with Crippen LogP contribution in [0.2, 0.25) is 0 Å². The second-order valence-electron chi connectivity index (χ2n) is 7.52. The second-order valence-corrected chi connectivity index (χ2v) is 7.52. The van der Waals surface area contributed by atoms with Crippen molar-refractivity contribution in [3.63, 3.8) is 0 Å². The molecule has 3 aromatic rings. The van der Waals surface area contributed by atoms with Crippen LogP contribution < -0.4 is 4.74 Å². The van der Waals surface area contributed by atoms with Crippen LogP contribution in [-0.2, 0) is 6.42 Å². The molecule has 150 valence electrons. The highest BCUT2D eigenvalue weighted by Crippen LogP contribution is 2.32. The zero-order chi connectivity index (χ0) is 20.5. The van der Waals surface area contributed by atoms with Gasteiger partial charge in [-0.05, 0) is 66.9 Å². The molecule has 3 rings (SSSR count). The molecule has 0 aromatic heterocycles. The smallest absolute Gasteiger partial charge is 0.119 e. The van der Waals surface area contributed by atoms with Crippen molar-refractivity contribution >= 4 is 11.1 Å². The van der Waals surface area contributed by atoms with Gasteiger partial charge in [0.25, 0.3) is 0 Å². The Morgan fingerprint density at radius 2 is 1.28 bits per heavy atom. The molecule has 0 bridgehead atoms. The highest BCUT2D eigenvalue weighted by atomic mass is 16.5. The van der Waals surface area contributed by atoms with Gasteiger partial charge in [0.1, 0.15) is 12.4 Å². The highest BCUT2D eigenvalue weighted by Gasteiger charge is 2.11. The van der Waals surface area contributed by atoms with E-state index in [1.807, 2.05) is 0 Å². The fourth-order valence-electron chi connectivity index (χ4n) is 3.51. The molecule has 0 radical (unpaired) electrons. The topological polar surface area (TPSA) is 12.5 Å². The summed E-state index contributed by atoms with van der Waals surface area (Å²) in [6, 6.07) is 30.0. The highest BCUT2D eigenvalue weighted by molar-refractivity contribution is 5.91. The third kappa shape index (κ3) is 6.07. The SMILES string of the molecule is CCC(=C(Cc1ccc(OCCN(C)C)cc1)c1ccccc1)c1ccccc1. The molecule has 0 N–H and O–H groups in total. The van der Waals surface area contributed by atoms with Crippen LogP contribution in [0, 0.1) is 0 Å². The van der Waals surface area contributed by atoms with E-state index in [9.17, 15) is 0 Å². The molecule has 3 aromatic carbocycles. The predicted octanol–water partition coefficient (Wildman–Crippen LogP) is 6.19. The first kappa shape index (κ1) is 20.9. The molecule has 0 aliphatic carbocycles. The first-order valence-electron chi connectivity index (χ1n) is 10.4. The maximum absolute atomic E-state index is 5.85. The van der Waals surface area contributed by atoms with Crippen LogP contribution in [0.25, 0.3) is 11.1 Å². The first-order valence-corrected chi connectivity index (χ1v) is 10.4. The lowest BCUT2D eigenvalue weighted by Gasteiger charge is -2.16. The molecule has 2 nitrogen and oxygen atoms in total. The van der Waals surface area contributed by atoms with Crippen LogP contribution in [-0.4, -0.2) is 32.1 Å². The standard InChI is InChI=1S/C27H31NO/c1-4-26(23-11-7-5-8-12-23)27(24-13-9-6-10-14-24)21-22-15-17-25(18-16-22)29-20-19-28(2)3/h5-18H,4,19-21H2,1-3H3. The fraction of sp³-hybridized carbons (Fsp3) is 0.259. The van der Waals surface area contributed by atoms with Crippen molar-refractivity contribution in [1.82, 2.24) is 4.90 Å². The fourth-order valence-corrected chi connectivity index (χ4v) is 3.51. The summed E-state index contributed by atoms with van der Waals surface area (Å²) in [6.07, 6.45) is 1.90. The average Bonchev–Trinajstić information content (AvgIpc) is 2.76. The Balaban J connectivity index is 1.87. The van der Waals surface area contributed by atoms with E-state index >= 15 is 0 Å². The Kier molecular flexibility index (Phi) is 7.66. The summed E-state index contributed by atoms with van der Waals surface area (Å²) in [5, 5.41) is 0. The van der Waals surface area contributed by atoms with E-state index in [1.54, 1.807) is 0 Å². The Morgan fingerprint density at radius 1 is 0.724 bits per heavy atom. The van der Waals surface area contributed by atoms with Gasteiger partial charge in [-0.1, -0.05) is 79.7 Å². The van der Waals surface area contributed by atoms with Gasteiger partial charge < -0.3 is 9.64 Å².